The van der Waals surface area contributed by atoms with Crippen LogP contribution >= 0.6 is 11.3 Å². The Morgan fingerprint density at radius 1 is 1.38 bits per heavy atom. The minimum atomic E-state index is -3.45. The highest BCUT2D eigenvalue weighted by Crippen LogP contribution is 2.43. The minimum Gasteiger partial charge on any atom is -0.383 e. The monoisotopic (exact) mass is 434 g/mol. The quantitative estimate of drug-likeness (QED) is 0.680. The van der Waals surface area contributed by atoms with Crippen molar-refractivity contribution in [1.29, 1.82) is 0 Å². The van der Waals surface area contributed by atoms with Crippen molar-refractivity contribution in [2.75, 3.05) is 5.32 Å². The largest absolute Gasteiger partial charge is 0.383 e. The molecule has 2 aliphatic carbocycles. The zero-order valence-corrected chi connectivity index (χ0v) is 18.5. The number of aliphatic hydroxyl groups is 1. The molecule has 2 atom stereocenters. The van der Waals surface area contributed by atoms with Crippen LogP contribution in [-0.4, -0.2) is 20.3 Å². The highest BCUT2D eigenvalue weighted by atomic mass is 32.2. The molecule has 2 aromatic rings. The number of nitrogens with one attached hydrogen (secondary N) is 1. The van der Waals surface area contributed by atoms with Crippen LogP contribution in [0.3, 0.4) is 0 Å². The minimum absolute atomic E-state index is 0.168. The van der Waals surface area contributed by atoms with Crippen LogP contribution < -0.4 is 10.5 Å². The summed E-state index contributed by atoms with van der Waals surface area (Å²) in [6.45, 7) is 5.37. The molecule has 7 nitrogen and oxygen atoms in total. The highest BCUT2D eigenvalue weighted by Gasteiger charge is 2.29. The van der Waals surface area contributed by atoms with E-state index in [9.17, 15) is 14.1 Å². The SMILES string of the molecule is CC1CCc2c1cc1c(c2NC(=O)N=[S@@](N)(=O)c2cnc(C(C)(C)O)s2)CCC1. The lowest BCUT2D eigenvalue weighted by Crippen LogP contribution is -2.18. The van der Waals surface area contributed by atoms with E-state index in [4.69, 9.17) is 5.14 Å². The number of anilines is 1. The van der Waals surface area contributed by atoms with E-state index in [2.05, 4.69) is 27.7 Å². The number of hydrogen-bond acceptors (Lipinski definition) is 5. The van der Waals surface area contributed by atoms with E-state index in [1.165, 1.54) is 28.5 Å². The first-order chi connectivity index (χ1) is 13.6. The third kappa shape index (κ3) is 3.84. The summed E-state index contributed by atoms with van der Waals surface area (Å²) < 4.78 is 16.8. The summed E-state index contributed by atoms with van der Waals surface area (Å²) >= 11 is 1.00. The zero-order valence-electron chi connectivity index (χ0n) is 16.8. The van der Waals surface area contributed by atoms with E-state index < -0.39 is 21.5 Å². The van der Waals surface area contributed by atoms with Crippen molar-refractivity contribution in [3.63, 3.8) is 0 Å². The number of nitrogens with two attached hydrogens (primary N) is 1. The van der Waals surface area contributed by atoms with Gasteiger partial charge in [-0.25, -0.2) is 19.1 Å². The fourth-order valence-corrected chi connectivity index (χ4v) is 6.23. The first-order valence-electron chi connectivity index (χ1n) is 9.78. The number of benzene rings is 1. The standard InChI is InChI=1S/C20H26N4O3S2/c1-11-7-8-14-15(11)9-12-5-4-6-13(12)17(14)23-19(25)24-29(21,27)16-10-22-18(28-16)20(2,3)26/h9-11,26H,4-8H2,1-3H3,(H3,21,23,24,25,27)/t11?,29-/m1/s1. The molecule has 1 aromatic heterocycles. The maximum Gasteiger partial charge on any atom is 0.354 e. The van der Waals surface area contributed by atoms with Gasteiger partial charge in [0.15, 0.2) is 9.92 Å². The van der Waals surface area contributed by atoms with Crippen molar-refractivity contribution >= 4 is 33.0 Å². The third-order valence-electron chi connectivity index (χ3n) is 5.65. The second-order valence-electron chi connectivity index (χ2n) is 8.38. The van der Waals surface area contributed by atoms with Gasteiger partial charge in [-0.05, 0) is 74.1 Å². The van der Waals surface area contributed by atoms with Gasteiger partial charge in [-0.1, -0.05) is 13.0 Å². The van der Waals surface area contributed by atoms with Gasteiger partial charge in [-0.15, -0.1) is 15.7 Å². The normalized spacial score (nSPS) is 20.1. The van der Waals surface area contributed by atoms with Crippen molar-refractivity contribution in [1.82, 2.24) is 4.98 Å². The molecular weight excluding hydrogens is 408 g/mol. The molecule has 0 radical (unpaired) electrons. The summed E-state index contributed by atoms with van der Waals surface area (Å²) in [5.41, 5.74) is 4.59. The maximum absolute atomic E-state index is 12.9. The average Bonchev–Trinajstić information content (AvgIpc) is 3.33. The molecule has 0 aliphatic heterocycles. The van der Waals surface area contributed by atoms with Crippen LogP contribution in [0.25, 0.3) is 0 Å². The summed E-state index contributed by atoms with van der Waals surface area (Å²) in [4.78, 5) is 16.7. The number of amides is 2. The van der Waals surface area contributed by atoms with E-state index in [1.54, 1.807) is 13.8 Å². The number of urea groups is 1. The summed E-state index contributed by atoms with van der Waals surface area (Å²) in [7, 11) is -3.45. The molecule has 2 amide bonds. The van der Waals surface area contributed by atoms with Crippen molar-refractivity contribution in [2.24, 2.45) is 9.50 Å². The van der Waals surface area contributed by atoms with Gasteiger partial charge in [-0.2, -0.15) is 0 Å². The van der Waals surface area contributed by atoms with Gasteiger partial charge in [0, 0.05) is 5.69 Å². The number of thiazole rings is 1. The van der Waals surface area contributed by atoms with Crippen LogP contribution in [0.4, 0.5) is 10.5 Å². The Balaban J connectivity index is 1.66. The lowest BCUT2D eigenvalue weighted by molar-refractivity contribution is 0.0783. The third-order valence-corrected chi connectivity index (χ3v) is 8.84. The van der Waals surface area contributed by atoms with E-state index in [0.717, 1.165) is 49.1 Å². The predicted octanol–water partition coefficient (Wildman–Crippen LogP) is 3.84. The fraction of sp³-hybridized carbons (Fsp3) is 0.500. The number of hydrogen-bond donors (Lipinski definition) is 3. The molecule has 1 heterocycles. The van der Waals surface area contributed by atoms with E-state index >= 15 is 0 Å². The van der Waals surface area contributed by atoms with E-state index in [-0.39, 0.29) is 4.21 Å². The van der Waals surface area contributed by atoms with Gasteiger partial charge in [0.2, 0.25) is 0 Å². The molecule has 4 N–H and O–H groups in total. The molecule has 1 unspecified atom stereocenters. The first kappa shape index (κ1) is 20.5. The molecule has 9 heteroatoms. The number of fused-ring (bicyclic) bond motifs is 2. The second kappa shape index (κ2) is 7.16. The van der Waals surface area contributed by atoms with Gasteiger partial charge in [0.25, 0.3) is 0 Å². The number of aromatic nitrogens is 1. The smallest absolute Gasteiger partial charge is 0.354 e. The molecule has 0 saturated carbocycles. The Morgan fingerprint density at radius 3 is 2.83 bits per heavy atom. The average molecular weight is 435 g/mol. The molecule has 156 valence electrons. The maximum atomic E-state index is 12.9. The van der Waals surface area contributed by atoms with Crippen molar-refractivity contribution < 1.29 is 14.1 Å². The van der Waals surface area contributed by atoms with Gasteiger partial charge in [0.05, 0.1) is 6.20 Å². The summed E-state index contributed by atoms with van der Waals surface area (Å²) in [5, 5.41) is 19.2. The first-order valence-corrected chi connectivity index (χ1v) is 12.2. The Kier molecular flexibility index (Phi) is 5.05. The van der Waals surface area contributed by atoms with Gasteiger partial charge in [0.1, 0.15) is 14.8 Å². The Bertz CT molecular complexity index is 1110. The van der Waals surface area contributed by atoms with Gasteiger partial charge in [-0.3, -0.25) is 0 Å². The van der Waals surface area contributed by atoms with Crippen molar-refractivity contribution in [2.45, 2.75) is 68.6 Å². The molecule has 0 fully saturated rings. The van der Waals surface area contributed by atoms with Crippen molar-refractivity contribution in [3.05, 3.63) is 39.5 Å². The zero-order chi connectivity index (χ0) is 21.0. The second-order valence-corrected chi connectivity index (χ2v) is 11.4. The number of carbonyl (C=O) groups excluding carboxylic acids is 1. The van der Waals surface area contributed by atoms with Crippen LogP contribution in [0, 0.1) is 0 Å². The van der Waals surface area contributed by atoms with Gasteiger partial charge < -0.3 is 10.4 Å². The molecule has 0 bridgehead atoms. The molecule has 1 aromatic carbocycles. The van der Waals surface area contributed by atoms with Crippen LogP contribution in [0.2, 0.25) is 0 Å². The molecule has 29 heavy (non-hydrogen) atoms. The lowest BCUT2D eigenvalue weighted by atomic mass is 9.96. The summed E-state index contributed by atoms with van der Waals surface area (Å²) in [6, 6.07) is 1.58. The van der Waals surface area contributed by atoms with Crippen LogP contribution in [-0.2, 0) is 34.8 Å². The molecular formula is C20H26N4O3S2. The van der Waals surface area contributed by atoms with E-state index in [1.807, 2.05) is 0 Å². The Labute approximate surface area is 175 Å². The van der Waals surface area contributed by atoms with Crippen LogP contribution in [0.1, 0.15) is 66.8 Å². The van der Waals surface area contributed by atoms with Crippen LogP contribution in [0.5, 0.6) is 0 Å². The number of aryl methyl sites for hydroxylation is 1. The highest BCUT2D eigenvalue weighted by molar-refractivity contribution is 7.93. The Hall–Kier alpha value is -1.81. The van der Waals surface area contributed by atoms with Crippen molar-refractivity contribution in [3.8, 4) is 0 Å². The molecule has 0 spiro atoms. The summed E-state index contributed by atoms with van der Waals surface area (Å²) in [6.07, 6.45) is 6.31. The Morgan fingerprint density at radius 2 is 2.14 bits per heavy atom. The molecule has 2 aliphatic rings. The number of nitrogens with zero attached hydrogens (tertiary/aromatic N) is 2. The topological polar surface area (TPSA) is 118 Å². The number of rotatable bonds is 3. The van der Waals surface area contributed by atoms with E-state index in [0.29, 0.717) is 10.9 Å². The summed E-state index contributed by atoms with van der Waals surface area (Å²) in [5.74, 6) is 0.472. The predicted molar refractivity (Wildman–Crippen MR) is 115 cm³/mol. The van der Waals surface area contributed by atoms with Gasteiger partial charge >= 0.3 is 6.03 Å². The lowest BCUT2D eigenvalue weighted by Gasteiger charge is -2.16. The number of carbonyl (C=O) groups is 1. The fourth-order valence-electron chi connectivity index (χ4n) is 4.16. The molecule has 0 saturated heterocycles. The molecule has 4 rings (SSSR count). The van der Waals surface area contributed by atoms with Crippen LogP contribution in [0.15, 0.2) is 20.8 Å².